The minimum absolute atomic E-state index is 0.0520. The van der Waals surface area contributed by atoms with Crippen LogP contribution in [0, 0.1) is 20.8 Å². The number of carbonyl (C=O) groups excluding carboxylic acids is 2. The summed E-state index contributed by atoms with van der Waals surface area (Å²) >= 11 is 1.70. The molecule has 1 aliphatic heterocycles. The van der Waals surface area contributed by atoms with Gasteiger partial charge in [0, 0.05) is 5.25 Å². The van der Waals surface area contributed by atoms with Crippen LogP contribution in [0.3, 0.4) is 0 Å². The Bertz CT molecular complexity index is 1470. The topological polar surface area (TPSA) is 110 Å². The van der Waals surface area contributed by atoms with Crippen LogP contribution in [0.25, 0.3) is 0 Å². The number of carboxylic acid groups (broad SMARTS) is 1. The van der Waals surface area contributed by atoms with Gasteiger partial charge in [-0.15, -0.1) is 11.8 Å². The van der Waals surface area contributed by atoms with E-state index < -0.39 is 5.97 Å². The largest absolute Gasteiger partial charge is 0.508 e. The number of benzene rings is 3. The second-order valence-corrected chi connectivity index (χ2v) is 12.4. The molecule has 0 radical (unpaired) electrons. The van der Waals surface area contributed by atoms with Crippen LogP contribution in [-0.2, 0) is 9.47 Å². The number of allylic oxidation sites excluding steroid dienone is 3. The lowest BCUT2D eigenvalue weighted by Crippen LogP contribution is -2.29. The summed E-state index contributed by atoms with van der Waals surface area (Å²) in [4.78, 5) is 35.0. The molecule has 7 nitrogen and oxygen atoms in total. The van der Waals surface area contributed by atoms with Gasteiger partial charge >= 0.3 is 17.9 Å². The van der Waals surface area contributed by atoms with Gasteiger partial charge in [-0.25, -0.2) is 14.4 Å². The first-order valence-corrected chi connectivity index (χ1v) is 16.4. The fraction of sp³-hybridized carbons (Fsp3) is 0.308. The van der Waals surface area contributed by atoms with Crippen molar-refractivity contribution in [3.8, 4) is 0 Å². The molecule has 0 aromatic heterocycles. The highest BCUT2D eigenvalue weighted by molar-refractivity contribution is 8.00. The van der Waals surface area contributed by atoms with E-state index in [-0.39, 0.29) is 35.7 Å². The summed E-state index contributed by atoms with van der Waals surface area (Å²) in [5, 5.41) is 17.4. The second-order valence-electron chi connectivity index (χ2n) is 10.7. The van der Waals surface area contributed by atoms with Gasteiger partial charge in [0.2, 0.25) is 0 Å². The van der Waals surface area contributed by atoms with Gasteiger partial charge in [0.15, 0.2) is 0 Å². The predicted octanol–water partition coefficient (Wildman–Crippen LogP) is 9.49. The van der Waals surface area contributed by atoms with Gasteiger partial charge in [0.25, 0.3) is 0 Å². The first-order valence-electron chi connectivity index (χ1n) is 15.4. The molecule has 1 unspecified atom stereocenters. The Labute approximate surface area is 284 Å². The number of aryl methyl sites for hydroxylation is 3. The molecule has 0 amide bonds. The molecule has 0 spiro atoms. The highest BCUT2D eigenvalue weighted by Crippen LogP contribution is 2.36. The Morgan fingerprint density at radius 2 is 1.23 bits per heavy atom. The van der Waals surface area contributed by atoms with Gasteiger partial charge in [0.05, 0.1) is 21.9 Å². The monoisotopic (exact) mass is 660 g/mol. The molecular weight excluding hydrogens is 612 g/mol. The Kier molecular flexibility index (Phi) is 18.3. The third-order valence-electron chi connectivity index (χ3n) is 6.72. The quantitative estimate of drug-likeness (QED) is 0.140. The summed E-state index contributed by atoms with van der Waals surface area (Å²) in [5.41, 5.74) is 5.42. The lowest BCUT2D eigenvalue weighted by atomic mass is 10.1. The zero-order valence-electron chi connectivity index (χ0n) is 28.5. The molecule has 0 aliphatic carbocycles. The SMILES string of the molecule is C=C/C=C(\C)C(=C)O.CC.Cc1ccc(C(=O)O)cc1.Cc1ccc(C(=O)OC[C@H]2SC(C)C[C@H]2OC(=O)c2ccc(C)cc2)cc1. The van der Waals surface area contributed by atoms with E-state index in [1.54, 1.807) is 79.4 Å². The Balaban J connectivity index is 0.000000452. The molecule has 4 rings (SSSR count). The second kappa shape index (κ2) is 21.3. The number of carboxylic acids is 1. The Morgan fingerprint density at radius 3 is 1.62 bits per heavy atom. The number of esters is 2. The van der Waals surface area contributed by atoms with Crippen molar-refractivity contribution >= 4 is 29.7 Å². The van der Waals surface area contributed by atoms with Crippen LogP contribution >= 0.6 is 11.8 Å². The first kappa shape index (κ1) is 40.5. The van der Waals surface area contributed by atoms with E-state index in [0.29, 0.717) is 21.9 Å². The van der Waals surface area contributed by atoms with E-state index in [1.165, 1.54) is 0 Å². The molecule has 0 bridgehead atoms. The number of thioether (sulfide) groups is 1. The molecule has 3 aromatic carbocycles. The molecule has 1 fully saturated rings. The zero-order chi connectivity index (χ0) is 35.5. The zero-order valence-corrected chi connectivity index (χ0v) is 29.3. The predicted molar refractivity (Wildman–Crippen MR) is 193 cm³/mol. The van der Waals surface area contributed by atoms with Crippen LogP contribution in [-0.4, -0.2) is 51.3 Å². The molecular formula is C39H48O7S. The van der Waals surface area contributed by atoms with E-state index in [0.717, 1.165) is 28.7 Å². The van der Waals surface area contributed by atoms with Crippen molar-refractivity contribution in [2.24, 2.45) is 0 Å². The number of aliphatic hydroxyl groups is 1. The molecule has 0 saturated carbocycles. The molecule has 47 heavy (non-hydrogen) atoms. The number of aliphatic hydroxyl groups excluding tert-OH is 1. The summed E-state index contributed by atoms with van der Waals surface area (Å²) in [7, 11) is 0. The van der Waals surface area contributed by atoms with E-state index in [9.17, 15) is 14.4 Å². The van der Waals surface area contributed by atoms with Crippen LogP contribution in [0.1, 0.15) is 81.9 Å². The maximum absolute atomic E-state index is 12.4. The third kappa shape index (κ3) is 15.1. The number of hydrogen-bond donors (Lipinski definition) is 2. The fourth-order valence-corrected chi connectivity index (χ4v) is 5.37. The molecule has 3 aromatic rings. The van der Waals surface area contributed by atoms with Gasteiger partial charge in [-0.05, 0) is 76.1 Å². The van der Waals surface area contributed by atoms with E-state index in [1.807, 2.05) is 58.9 Å². The van der Waals surface area contributed by atoms with Crippen molar-refractivity contribution < 1.29 is 34.1 Å². The maximum Gasteiger partial charge on any atom is 0.338 e. The van der Waals surface area contributed by atoms with E-state index in [2.05, 4.69) is 20.1 Å². The summed E-state index contributed by atoms with van der Waals surface area (Å²) in [6.45, 7) is 20.7. The van der Waals surface area contributed by atoms with Crippen molar-refractivity contribution in [3.05, 3.63) is 143 Å². The molecule has 2 N–H and O–H groups in total. The normalized spacial score (nSPS) is 16.4. The number of carbonyl (C=O) groups is 3. The van der Waals surface area contributed by atoms with Crippen molar-refractivity contribution in [3.63, 3.8) is 0 Å². The highest BCUT2D eigenvalue weighted by Gasteiger charge is 2.36. The molecule has 252 valence electrons. The first-order chi connectivity index (χ1) is 22.3. The van der Waals surface area contributed by atoms with Crippen LogP contribution in [0.4, 0.5) is 0 Å². The lowest BCUT2D eigenvalue weighted by Gasteiger charge is -2.19. The third-order valence-corrected chi connectivity index (χ3v) is 8.17. The number of aromatic carboxylic acids is 1. The van der Waals surface area contributed by atoms with Gasteiger partial charge in [0.1, 0.15) is 18.5 Å². The molecule has 1 heterocycles. The van der Waals surface area contributed by atoms with Crippen LogP contribution in [0.5, 0.6) is 0 Å². The van der Waals surface area contributed by atoms with Gasteiger partial charge in [-0.1, -0.05) is 99.2 Å². The van der Waals surface area contributed by atoms with Gasteiger partial charge in [-0.2, -0.15) is 0 Å². The minimum Gasteiger partial charge on any atom is -0.508 e. The summed E-state index contributed by atoms with van der Waals surface area (Å²) in [6.07, 6.45) is 3.80. The van der Waals surface area contributed by atoms with Gasteiger partial charge < -0.3 is 19.7 Å². The van der Waals surface area contributed by atoms with Crippen LogP contribution in [0.2, 0.25) is 0 Å². The van der Waals surface area contributed by atoms with Crippen LogP contribution in [0.15, 0.2) is 109 Å². The Hall–Kier alpha value is -4.56. The fourth-order valence-electron chi connectivity index (χ4n) is 3.99. The molecule has 1 saturated heterocycles. The van der Waals surface area contributed by atoms with Crippen LogP contribution < -0.4 is 0 Å². The summed E-state index contributed by atoms with van der Waals surface area (Å²) in [5.74, 6) is -1.45. The van der Waals surface area contributed by atoms with Crippen molar-refractivity contribution in [1.29, 1.82) is 0 Å². The smallest absolute Gasteiger partial charge is 0.338 e. The summed E-state index contributed by atoms with van der Waals surface area (Å²) in [6, 6.07) is 21.4. The summed E-state index contributed by atoms with van der Waals surface area (Å²) < 4.78 is 11.2. The minimum atomic E-state index is -0.875. The van der Waals surface area contributed by atoms with E-state index >= 15 is 0 Å². The maximum atomic E-state index is 12.4. The lowest BCUT2D eigenvalue weighted by molar-refractivity contribution is 0.0213. The number of hydrogen-bond acceptors (Lipinski definition) is 7. The van der Waals surface area contributed by atoms with E-state index in [4.69, 9.17) is 19.7 Å². The number of ether oxygens (including phenoxy) is 2. The molecule has 8 heteroatoms. The molecule has 1 aliphatic rings. The highest BCUT2D eigenvalue weighted by atomic mass is 32.2. The standard InChI is InChI=1S/C22H24O4S.C8H8O2.C7H10O.C2H6/c1-14-4-8-17(9-5-14)21(23)25-13-20-19(12-16(3)27-20)26-22(24)18-10-6-15(2)7-11-18;1-6-2-4-7(5-3-6)8(9)10;1-4-5-6(2)7(3)8;1-2/h4-11,16,19-20H,12-13H2,1-3H3;2-5H,1H3,(H,9,10);4-5,8H,1,3H2,2H3;1-2H3/b;;6-5+;/t16?,19-,20-;;;/m1.../s1. The van der Waals surface area contributed by atoms with Gasteiger partial charge in [-0.3, -0.25) is 0 Å². The van der Waals surface area contributed by atoms with Crippen molar-refractivity contribution in [1.82, 2.24) is 0 Å². The van der Waals surface area contributed by atoms with Crippen molar-refractivity contribution in [2.45, 2.75) is 71.5 Å². The average Bonchev–Trinajstić information content (AvgIpc) is 3.40. The Morgan fingerprint density at radius 1 is 0.809 bits per heavy atom. The average molecular weight is 661 g/mol. The number of rotatable bonds is 8. The van der Waals surface area contributed by atoms with Crippen molar-refractivity contribution in [2.75, 3.05) is 6.61 Å². The molecule has 3 atom stereocenters.